The van der Waals surface area contributed by atoms with Gasteiger partial charge in [0.05, 0.1) is 5.69 Å². The molecule has 1 amide bonds. The summed E-state index contributed by atoms with van der Waals surface area (Å²) in [6.07, 6.45) is 1.35. The Labute approximate surface area is 196 Å². The largest absolute Gasteiger partial charge is 0.356 e. The van der Waals surface area contributed by atoms with Gasteiger partial charge in [-0.3, -0.25) is 4.79 Å². The minimum Gasteiger partial charge on any atom is -0.356 e. The van der Waals surface area contributed by atoms with Gasteiger partial charge in [0.1, 0.15) is 17.5 Å². The second kappa shape index (κ2) is 9.21. The number of aromatic nitrogens is 3. The maximum Gasteiger partial charge on any atom is 0.223 e. The van der Waals surface area contributed by atoms with Crippen LogP contribution in [0.2, 0.25) is 0 Å². The summed E-state index contributed by atoms with van der Waals surface area (Å²) < 4.78 is 29.9. The molecule has 8 heteroatoms. The van der Waals surface area contributed by atoms with Crippen molar-refractivity contribution in [3.63, 3.8) is 0 Å². The average molecular weight is 462 g/mol. The van der Waals surface area contributed by atoms with E-state index < -0.39 is 0 Å². The fourth-order valence-corrected chi connectivity index (χ4v) is 4.45. The van der Waals surface area contributed by atoms with Crippen LogP contribution < -0.4 is 10.2 Å². The van der Waals surface area contributed by atoms with Crippen molar-refractivity contribution < 1.29 is 13.6 Å². The van der Waals surface area contributed by atoms with Gasteiger partial charge < -0.3 is 10.2 Å². The van der Waals surface area contributed by atoms with E-state index in [0.717, 1.165) is 11.5 Å². The first-order valence-electron chi connectivity index (χ1n) is 11.4. The van der Waals surface area contributed by atoms with Gasteiger partial charge in [0, 0.05) is 54.5 Å². The molecule has 3 heterocycles. The van der Waals surface area contributed by atoms with E-state index in [2.05, 4.69) is 20.3 Å². The van der Waals surface area contributed by atoms with Crippen LogP contribution in [0.1, 0.15) is 24.1 Å². The molecule has 1 aliphatic heterocycles. The third kappa shape index (κ3) is 4.35. The number of carbonyl (C=O) groups is 1. The molecule has 0 spiro atoms. The number of rotatable bonds is 5. The number of halogens is 2. The number of hydrogen-bond acceptors (Lipinski definition) is 4. The predicted octanol–water partition coefficient (Wildman–Crippen LogP) is 4.52. The number of aryl methyl sites for hydroxylation is 1. The fourth-order valence-electron chi connectivity index (χ4n) is 4.45. The summed E-state index contributed by atoms with van der Waals surface area (Å²) in [6, 6.07) is 16.8. The summed E-state index contributed by atoms with van der Waals surface area (Å²) in [4.78, 5) is 19.4. The quantitative estimate of drug-likeness (QED) is 0.475. The molecule has 174 valence electrons. The molecule has 0 bridgehead atoms. The molecule has 5 rings (SSSR count). The molecule has 0 radical (unpaired) electrons. The predicted molar refractivity (Wildman–Crippen MR) is 126 cm³/mol. The van der Waals surface area contributed by atoms with E-state index in [1.165, 1.54) is 12.1 Å². The Balaban J connectivity index is 1.30. The fraction of sp³-hybridized carbons (Fsp3) is 0.269. The highest BCUT2D eigenvalue weighted by Gasteiger charge is 2.27. The lowest BCUT2D eigenvalue weighted by atomic mass is 9.95. The number of fused-ring (bicyclic) bond motifs is 1. The Bertz CT molecular complexity index is 1340. The topological polar surface area (TPSA) is 62.5 Å². The molecule has 6 nitrogen and oxygen atoms in total. The average Bonchev–Trinajstić information content (AvgIpc) is 3.27. The third-order valence-electron chi connectivity index (χ3n) is 6.29. The molecule has 0 unspecified atom stereocenters. The van der Waals surface area contributed by atoms with Crippen LogP contribution in [0.15, 0.2) is 60.7 Å². The van der Waals surface area contributed by atoms with E-state index in [1.807, 2.05) is 13.0 Å². The Morgan fingerprint density at radius 1 is 1.03 bits per heavy atom. The van der Waals surface area contributed by atoms with E-state index >= 15 is 0 Å². The van der Waals surface area contributed by atoms with E-state index in [0.29, 0.717) is 48.4 Å². The van der Waals surface area contributed by atoms with Crippen LogP contribution in [-0.4, -0.2) is 33.6 Å². The summed E-state index contributed by atoms with van der Waals surface area (Å²) in [7, 11) is 0. The van der Waals surface area contributed by atoms with Gasteiger partial charge >= 0.3 is 0 Å². The zero-order valence-corrected chi connectivity index (χ0v) is 18.8. The molecule has 0 saturated carbocycles. The van der Waals surface area contributed by atoms with Crippen LogP contribution >= 0.6 is 0 Å². The lowest BCUT2D eigenvalue weighted by molar-refractivity contribution is -0.125. The number of piperidine rings is 1. The number of nitrogens with zero attached hydrogens (tertiary/aromatic N) is 4. The first kappa shape index (κ1) is 22.0. The van der Waals surface area contributed by atoms with Crippen LogP contribution in [0.5, 0.6) is 0 Å². The number of hydrogen-bond donors (Lipinski definition) is 1. The molecular weight excluding hydrogens is 436 g/mol. The Kier molecular flexibility index (Phi) is 5.96. The Morgan fingerprint density at radius 2 is 1.74 bits per heavy atom. The maximum atomic E-state index is 14.3. The van der Waals surface area contributed by atoms with Crippen LogP contribution in [-0.2, 0) is 11.3 Å². The van der Waals surface area contributed by atoms with Crippen LogP contribution in [0.25, 0.3) is 16.9 Å². The minimum atomic E-state index is -0.327. The molecule has 0 aliphatic carbocycles. The number of nitrogens with one attached hydrogen (secondary N) is 1. The maximum absolute atomic E-state index is 14.3. The first-order valence-corrected chi connectivity index (χ1v) is 11.4. The van der Waals surface area contributed by atoms with Gasteiger partial charge in [-0.05, 0) is 38.0 Å². The molecule has 1 fully saturated rings. The minimum absolute atomic E-state index is 0.0557. The smallest absolute Gasteiger partial charge is 0.223 e. The van der Waals surface area contributed by atoms with E-state index in [-0.39, 0.29) is 30.0 Å². The standard InChI is InChI=1S/C26H25F2N5O/c1-17-14-25(33-24(30-17)15-23(31-33)20-7-3-5-9-22(20)28)32-12-10-18(11-13-32)26(34)29-16-19-6-2-4-8-21(19)27/h2-9,14-15,18H,10-13,16H2,1H3,(H,29,34). The van der Waals surface area contributed by atoms with Gasteiger partial charge in [-0.2, -0.15) is 9.61 Å². The monoisotopic (exact) mass is 461 g/mol. The van der Waals surface area contributed by atoms with Gasteiger partial charge in [0.25, 0.3) is 0 Å². The molecule has 2 aromatic carbocycles. The van der Waals surface area contributed by atoms with Gasteiger partial charge in [-0.15, -0.1) is 0 Å². The van der Waals surface area contributed by atoms with Crippen molar-refractivity contribution in [2.75, 3.05) is 18.0 Å². The van der Waals surface area contributed by atoms with E-state index in [9.17, 15) is 13.6 Å². The van der Waals surface area contributed by atoms with Gasteiger partial charge in [-0.25, -0.2) is 13.8 Å². The molecule has 1 N–H and O–H groups in total. The number of amides is 1. The molecular formula is C26H25F2N5O. The third-order valence-corrected chi connectivity index (χ3v) is 6.29. The first-order chi connectivity index (χ1) is 16.5. The lowest BCUT2D eigenvalue weighted by Crippen LogP contribution is -2.41. The SMILES string of the molecule is Cc1cc(N2CCC(C(=O)NCc3ccccc3F)CC2)n2nc(-c3ccccc3F)cc2n1. The van der Waals surface area contributed by atoms with Crippen LogP contribution in [0.4, 0.5) is 14.6 Å². The van der Waals surface area contributed by atoms with Crippen molar-refractivity contribution in [1.82, 2.24) is 19.9 Å². The van der Waals surface area contributed by atoms with Crippen molar-refractivity contribution in [1.29, 1.82) is 0 Å². The van der Waals surface area contributed by atoms with Crippen LogP contribution in [0, 0.1) is 24.5 Å². The van der Waals surface area contributed by atoms with Gasteiger partial charge in [0.2, 0.25) is 5.91 Å². The Morgan fingerprint density at radius 3 is 2.47 bits per heavy atom. The van der Waals surface area contributed by atoms with Crippen molar-refractivity contribution in [3.8, 4) is 11.3 Å². The van der Waals surface area contributed by atoms with Gasteiger partial charge in [0.15, 0.2) is 5.65 Å². The number of benzene rings is 2. The van der Waals surface area contributed by atoms with Crippen molar-refractivity contribution >= 4 is 17.4 Å². The highest BCUT2D eigenvalue weighted by atomic mass is 19.1. The van der Waals surface area contributed by atoms with E-state index in [4.69, 9.17) is 0 Å². The summed E-state index contributed by atoms with van der Waals surface area (Å²) in [5, 5.41) is 7.51. The second-order valence-corrected chi connectivity index (χ2v) is 8.61. The zero-order chi connectivity index (χ0) is 23.7. The summed E-state index contributed by atoms with van der Waals surface area (Å²) in [6.45, 7) is 3.45. The van der Waals surface area contributed by atoms with Gasteiger partial charge in [-0.1, -0.05) is 30.3 Å². The zero-order valence-electron chi connectivity index (χ0n) is 18.8. The molecule has 2 aromatic heterocycles. The number of anilines is 1. The number of carbonyl (C=O) groups excluding carboxylic acids is 1. The normalized spacial score (nSPS) is 14.5. The highest BCUT2D eigenvalue weighted by Crippen LogP contribution is 2.28. The molecule has 1 aliphatic rings. The van der Waals surface area contributed by atoms with Crippen molar-refractivity contribution in [2.45, 2.75) is 26.3 Å². The molecule has 34 heavy (non-hydrogen) atoms. The van der Waals surface area contributed by atoms with E-state index in [1.54, 1.807) is 47.0 Å². The molecule has 1 saturated heterocycles. The lowest BCUT2D eigenvalue weighted by Gasteiger charge is -2.33. The molecule has 4 aromatic rings. The Hall–Kier alpha value is -3.81. The van der Waals surface area contributed by atoms with Crippen LogP contribution in [0.3, 0.4) is 0 Å². The summed E-state index contributed by atoms with van der Waals surface area (Å²) in [5.74, 6) is 0.0401. The second-order valence-electron chi connectivity index (χ2n) is 8.61. The highest BCUT2D eigenvalue weighted by molar-refractivity contribution is 5.79. The van der Waals surface area contributed by atoms with Crippen molar-refractivity contribution in [3.05, 3.63) is 83.6 Å². The molecule has 0 atom stereocenters. The van der Waals surface area contributed by atoms with Crippen molar-refractivity contribution in [2.24, 2.45) is 5.92 Å². The summed E-state index contributed by atoms with van der Waals surface area (Å²) >= 11 is 0. The summed E-state index contributed by atoms with van der Waals surface area (Å²) in [5.41, 5.74) is 2.93.